The summed E-state index contributed by atoms with van der Waals surface area (Å²) in [5.74, 6) is 1.85. The van der Waals surface area contributed by atoms with Gasteiger partial charge in [0.05, 0.1) is 6.61 Å². The van der Waals surface area contributed by atoms with Gasteiger partial charge in [-0.1, -0.05) is 26.8 Å². The molecule has 1 aromatic carbocycles. The van der Waals surface area contributed by atoms with Crippen LogP contribution < -0.4 is 10.5 Å². The maximum Gasteiger partial charge on any atom is 0.123 e. The molecule has 1 saturated carbocycles. The molecule has 0 spiro atoms. The van der Waals surface area contributed by atoms with Crippen LogP contribution in [-0.2, 0) is 11.8 Å². The Morgan fingerprint density at radius 2 is 1.90 bits per heavy atom. The summed E-state index contributed by atoms with van der Waals surface area (Å²) in [4.78, 5) is 0. The third kappa shape index (κ3) is 5.19. The molecule has 2 nitrogen and oxygen atoms in total. The van der Waals surface area contributed by atoms with E-state index >= 15 is 0 Å². The first-order valence-corrected chi connectivity index (χ1v) is 7.79. The fourth-order valence-corrected chi connectivity index (χ4v) is 2.49. The molecule has 0 bridgehead atoms. The van der Waals surface area contributed by atoms with E-state index in [0.29, 0.717) is 0 Å². The van der Waals surface area contributed by atoms with Gasteiger partial charge in [0.15, 0.2) is 0 Å². The highest BCUT2D eigenvalue weighted by Gasteiger charge is 2.25. The number of hydrogen-bond acceptors (Lipinski definition) is 2. The van der Waals surface area contributed by atoms with Crippen LogP contribution in [0.5, 0.6) is 5.75 Å². The topological polar surface area (TPSA) is 35.2 Å². The lowest BCUT2D eigenvalue weighted by Gasteiger charge is -2.25. The number of nitrogens with two attached hydrogens (primary N) is 1. The summed E-state index contributed by atoms with van der Waals surface area (Å²) in [6, 6.07) is 4.71. The van der Waals surface area contributed by atoms with Crippen LogP contribution >= 0.6 is 12.4 Å². The zero-order chi connectivity index (χ0) is 14.9. The monoisotopic (exact) mass is 311 g/mol. The van der Waals surface area contributed by atoms with Crippen molar-refractivity contribution in [2.75, 3.05) is 6.61 Å². The predicted molar refractivity (Wildman–Crippen MR) is 92.7 cm³/mol. The summed E-state index contributed by atoms with van der Waals surface area (Å²) in [5, 5.41) is 0. The highest BCUT2D eigenvalue weighted by atomic mass is 35.5. The van der Waals surface area contributed by atoms with Gasteiger partial charge in [-0.2, -0.15) is 0 Å². The van der Waals surface area contributed by atoms with E-state index < -0.39 is 0 Å². The van der Waals surface area contributed by atoms with E-state index in [0.717, 1.165) is 24.7 Å². The third-order valence-electron chi connectivity index (χ3n) is 3.96. The molecule has 21 heavy (non-hydrogen) atoms. The van der Waals surface area contributed by atoms with Crippen molar-refractivity contribution in [3.05, 3.63) is 28.8 Å². The quantitative estimate of drug-likeness (QED) is 0.875. The highest BCUT2D eigenvalue weighted by molar-refractivity contribution is 5.85. The Bertz CT molecular complexity index is 473. The van der Waals surface area contributed by atoms with E-state index in [-0.39, 0.29) is 23.9 Å². The predicted octanol–water partition coefficient (Wildman–Crippen LogP) is 4.39. The molecule has 0 radical (unpaired) electrons. The Balaban J connectivity index is 0.00000220. The van der Waals surface area contributed by atoms with Crippen LogP contribution in [0.25, 0.3) is 0 Å². The molecule has 1 fully saturated rings. The molecule has 1 aliphatic carbocycles. The van der Waals surface area contributed by atoms with Gasteiger partial charge in [0.1, 0.15) is 5.75 Å². The van der Waals surface area contributed by atoms with Gasteiger partial charge in [-0.3, -0.25) is 0 Å². The third-order valence-corrected chi connectivity index (χ3v) is 3.96. The Morgan fingerprint density at radius 1 is 1.29 bits per heavy atom. The average Bonchev–Trinajstić information content (AvgIpc) is 3.11. The molecule has 1 atom stereocenters. The first kappa shape index (κ1) is 18.3. The maximum atomic E-state index is 6.10. The molecule has 2 N–H and O–H groups in total. The van der Waals surface area contributed by atoms with Crippen LogP contribution in [0, 0.1) is 12.8 Å². The van der Waals surface area contributed by atoms with Crippen molar-refractivity contribution in [1.82, 2.24) is 0 Å². The Morgan fingerprint density at radius 3 is 2.38 bits per heavy atom. The molecule has 1 aromatic rings. The van der Waals surface area contributed by atoms with Crippen LogP contribution in [0.1, 0.15) is 57.2 Å². The Labute approximate surface area is 135 Å². The van der Waals surface area contributed by atoms with E-state index in [1.165, 1.54) is 29.5 Å². The molecule has 0 saturated heterocycles. The molecule has 0 aromatic heterocycles. The minimum absolute atomic E-state index is 0. The van der Waals surface area contributed by atoms with E-state index in [9.17, 15) is 0 Å². The number of aryl methyl sites for hydroxylation is 1. The van der Waals surface area contributed by atoms with Crippen LogP contribution in [-0.4, -0.2) is 12.6 Å². The lowest BCUT2D eigenvalue weighted by Crippen LogP contribution is -2.20. The second-order valence-electron chi connectivity index (χ2n) is 7.46. The van der Waals surface area contributed by atoms with Crippen LogP contribution in [0.15, 0.2) is 12.1 Å². The molecule has 3 heteroatoms. The molecule has 2 rings (SSSR count). The van der Waals surface area contributed by atoms with Crippen molar-refractivity contribution in [2.45, 2.75) is 65.3 Å². The normalized spacial score (nSPS) is 16.3. The van der Waals surface area contributed by atoms with Gasteiger partial charge in [0.2, 0.25) is 0 Å². The van der Waals surface area contributed by atoms with E-state index in [1.807, 2.05) is 0 Å². The minimum Gasteiger partial charge on any atom is -0.493 e. The second kappa shape index (κ2) is 7.02. The lowest BCUT2D eigenvalue weighted by atomic mass is 9.83. The number of benzene rings is 1. The number of hydrogen-bond donors (Lipinski definition) is 1. The summed E-state index contributed by atoms with van der Waals surface area (Å²) >= 11 is 0. The summed E-state index contributed by atoms with van der Waals surface area (Å²) in [5.41, 5.74) is 10.0. The van der Waals surface area contributed by atoms with E-state index in [2.05, 4.69) is 46.8 Å². The van der Waals surface area contributed by atoms with Crippen LogP contribution in [0.2, 0.25) is 0 Å². The first-order valence-electron chi connectivity index (χ1n) is 7.79. The molecule has 0 aliphatic heterocycles. The maximum absolute atomic E-state index is 6.10. The molecule has 1 aliphatic rings. The van der Waals surface area contributed by atoms with E-state index in [1.54, 1.807) is 0 Å². The van der Waals surface area contributed by atoms with Gasteiger partial charge in [-0.15, -0.1) is 12.4 Å². The fraction of sp³-hybridized carbons (Fsp3) is 0.667. The molecule has 0 amide bonds. The standard InChI is InChI=1S/C18H29NO.ClH/c1-12-8-17(20-11-14-6-7-14)16(18(3,4)5)10-15(12)9-13(2)19;/h8,10,13-14H,6-7,9,11,19H2,1-5H3;1H. The molecule has 120 valence electrons. The van der Waals surface area contributed by atoms with Crippen molar-refractivity contribution in [3.63, 3.8) is 0 Å². The van der Waals surface area contributed by atoms with Gasteiger partial charge >= 0.3 is 0 Å². The zero-order valence-corrected chi connectivity index (χ0v) is 14.8. The lowest BCUT2D eigenvalue weighted by molar-refractivity contribution is 0.291. The molecule has 1 unspecified atom stereocenters. The SMILES string of the molecule is Cc1cc(OCC2CC2)c(C(C)(C)C)cc1CC(C)N.Cl. The van der Waals surface area contributed by atoms with Gasteiger partial charge < -0.3 is 10.5 Å². The first-order chi connectivity index (χ1) is 9.27. The van der Waals surface area contributed by atoms with Crippen LogP contribution in [0.4, 0.5) is 0 Å². The second-order valence-corrected chi connectivity index (χ2v) is 7.46. The highest BCUT2D eigenvalue weighted by Crippen LogP contribution is 2.36. The fourth-order valence-electron chi connectivity index (χ4n) is 2.49. The largest absolute Gasteiger partial charge is 0.493 e. The smallest absolute Gasteiger partial charge is 0.123 e. The molecular weight excluding hydrogens is 282 g/mol. The Hall–Kier alpha value is -0.730. The van der Waals surface area contributed by atoms with Gasteiger partial charge in [0, 0.05) is 6.04 Å². The van der Waals surface area contributed by atoms with E-state index in [4.69, 9.17) is 10.5 Å². The minimum atomic E-state index is 0. The van der Waals surface area contributed by atoms with Crippen molar-refractivity contribution >= 4 is 12.4 Å². The Kier molecular flexibility index (Phi) is 6.12. The summed E-state index contributed by atoms with van der Waals surface area (Å²) < 4.78 is 6.10. The van der Waals surface area contributed by atoms with Crippen molar-refractivity contribution in [1.29, 1.82) is 0 Å². The number of ether oxygens (including phenoxy) is 1. The summed E-state index contributed by atoms with van der Waals surface area (Å²) in [6.07, 6.45) is 3.58. The summed E-state index contributed by atoms with van der Waals surface area (Å²) in [7, 11) is 0. The number of rotatable bonds is 5. The zero-order valence-electron chi connectivity index (χ0n) is 14.0. The average molecular weight is 312 g/mol. The van der Waals surface area contributed by atoms with Crippen molar-refractivity contribution in [3.8, 4) is 5.75 Å². The summed E-state index contributed by atoms with van der Waals surface area (Å²) in [6.45, 7) is 11.8. The molecular formula is C18H30ClNO. The van der Waals surface area contributed by atoms with Gasteiger partial charge in [0.25, 0.3) is 0 Å². The van der Waals surface area contributed by atoms with Crippen LogP contribution in [0.3, 0.4) is 0 Å². The van der Waals surface area contributed by atoms with Crippen molar-refractivity contribution < 1.29 is 4.74 Å². The van der Waals surface area contributed by atoms with Crippen molar-refractivity contribution in [2.24, 2.45) is 11.7 Å². The van der Waals surface area contributed by atoms with Gasteiger partial charge in [-0.05, 0) is 67.2 Å². The van der Waals surface area contributed by atoms with Gasteiger partial charge in [-0.25, -0.2) is 0 Å². The number of halogens is 1. The molecule has 0 heterocycles.